The Morgan fingerprint density at radius 3 is 3.00 bits per heavy atom. The number of aryl methyl sites for hydroxylation is 1. The van der Waals surface area contributed by atoms with E-state index in [1.807, 2.05) is 6.92 Å². The molecular weight excluding hydrogens is 206 g/mol. The first-order chi connectivity index (χ1) is 7.25. The Kier molecular flexibility index (Phi) is 3.72. The van der Waals surface area contributed by atoms with Crippen molar-refractivity contribution in [3.63, 3.8) is 0 Å². The maximum atomic E-state index is 4.49. The van der Waals surface area contributed by atoms with Crippen LogP contribution in [0, 0.1) is 12.8 Å². The SMILES string of the molecule is Cc1csc(C(C)NCCC2CNC2)n1. The monoisotopic (exact) mass is 225 g/mol. The summed E-state index contributed by atoms with van der Waals surface area (Å²) in [7, 11) is 0. The minimum Gasteiger partial charge on any atom is -0.316 e. The van der Waals surface area contributed by atoms with E-state index in [9.17, 15) is 0 Å². The molecule has 15 heavy (non-hydrogen) atoms. The molecule has 0 bridgehead atoms. The van der Waals surface area contributed by atoms with Gasteiger partial charge in [-0.1, -0.05) is 0 Å². The first-order valence-corrected chi connectivity index (χ1v) is 6.50. The summed E-state index contributed by atoms with van der Waals surface area (Å²) in [6, 6.07) is 0.400. The van der Waals surface area contributed by atoms with Crippen molar-refractivity contribution in [2.75, 3.05) is 19.6 Å². The standard InChI is InChI=1S/C11H19N3S/c1-8-7-15-11(14-8)9(2)13-4-3-10-5-12-6-10/h7,9-10,12-13H,3-6H2,1-2H3. The number of nitrogens with one attached hydrogen (secondary N) is 2. The molecule has 1 fully saturated rings. The second-order valence-electron chi connectivity index (χ2n) is 4.32. The highest BCUT2D eigenvalue weighted by molar-refractivity contribution is 7.09. The third kappa shape index (κ3) is 3.00. The second kappa shape index (κ2) is 5.05. The van der Waals surface area contributed by atoms with Gasteiger partial charge < -0.3 is 10.6 Å². The van der Waals surface area contributed by atoms with Crippen molar-refractivity contribution in [2.24, 2.45) is 5.92 Å². The van der Waals surface area contributed by atoms with Gasteiger partial charge in [-0.15, -0.1) is 11.3 Å². The van der Waals surface area contributed by atoms with Gasteiger partial charge in [0.05, 0.1) is 6.04 Å². The molecule has 0 amide bonds. The Labute approximate surface area is 95.3 Å². The zero-order valence-electron chi connectivity index (χ0n) is 9.42. The Morgan fingerprint density at radius 1 is 1.67 bits per heavy atom. The van der Waals surface area contributed by atoms with Crippen molar-refractivity contribution < 1.29 is 0 Å². The minimum atomic E-state index is 0.400. The van der Waals surface area contributed by atoms with Crippen molar-refractivity contribution in [3.8, 4) is 0 Å². The first-order valence-electron chi connectivity index (χ1n) is 5.62. The molecule has 1 aliphatic heterocycles. The molecule has 4 heteroatoms. The number of nitrogens with zero attached hydrogens (tertiary/aromatic N) is 1. The minimum absolute atomic E-state index is 0.400. The fourth-order valence-corrected chi connectivity index (χ4v) is 2.54. The van der Waals surface area contributed by atoms with E-state index in [0.29, 0.717) is 6.04 Å². The summed E-state index contributed by atoms with van der Waals surface area (Å²) < 4.78 is 0. The second-order valence-corrected chi connectivity index (χ2v) is 5.21. The van der Waals surface area contributed by atoms with E-state index in [0.717, 1.165) is 18.2 Å². The Hall–Kier alpha value is -0.450. The summed E-state index contributed by atoms with van der Waals surface area (Å²) in [4.78, 5) is 4.49. The third-order valence-corrected chi connectivity index (χ3v) is 4.02. The Balaban J connectivity index is 1.69. The predicted octanol–water partition coefficient (Wildman–Crippen LogP) is 1.71. The van der Waals surface area contributed by atoms with Crippen LogP contribution < -0.4 is 10.6 Å². The summed E-state index contributed by atoms with van der Waals surface area (Å²) in [5, 5.41) is 10.1. The predicted molar refractivity (Wildman–Crippen MR) is 64.2 cm³/mol. The molecule has 1 aromatic rings. The van der Waals surface area contributed by atoms with Crippen LogP contribution in [0.1, 0.15) is 30.1 Å². The van der Waals surface area contributed by atoms with Gasteiger partial charge in [-0.3, -0.25) is 0 Å². The largest absolute Gasteiger partial charge is 0.316 e. The van der Waals surface area contributed by atoms with Gasteiger partial charge in [0, 0.05) is 11.1 Å². The van der Waals surface area contributed by atoms with Gasteiger partial charge in [-0.2, -0.15) is 0 Å². The van der Waals surface area contributed by atoms with Crippen LogP contribution >= 0.6 is 11.3 Å². The van der Waals surface area contributed by atoms with Crippen LogP contribution in [-0.4, -0.2) is 24.6 Å². The van der Waals surface area contributed by atoms with Crippen molar-refractivity contribution >= 4 is 11.3 Å². The Morgan fingerprint density at radius 2 is 2.47 bits per heavy atom. The molecule has 0 radical (unpaired) electrons. The molecule has 1 unspecified atom stereocenters. The number of rotatable bonds is 5. The molecule has 1 aromatic heterocycles. The summed E-state index contributed by atoms with van der Waals surface area (Å²) in [6.07, 6.45) is 1.28. The molecule has 1 aliphatic rings. The van der Waals surface area contributed by atoms with E-state index in [-0.39, 0.29) is 0 Å². The maximum absolute atomic E-state index is 4.49. The van der Waals surface area contributed by atoms with Crippen LogP contribution in [0.5, 0.6) is 0 Å². The van der Waals surface area contributed by atoms with E-state index in [1.165, 1.54) is 24.5 Å². The molecule has 0 aliphatic carbocycles. The summed E-state index contributed by atoms with van der Waals surface area (Å²) in [5.74, 6) is 0.891. The number of thiazole rings is 1. The summed E-state index contributed by atoms with van der Waals surface area (Å²) in [5.41, 5.74) is 1.13. The Bertz CT molecular complexity index is 307. The lowest BCUT2D eigenvalue weighted by molar-refractivity contribution is 0.318. The van der Waals surface area contributed by atoms with E-state index in [4.69, 9.17) is 0 Å². The van der Waals surface area contributed by atoms with Gasteiger partial charge in [0.15, 0.2) is 0 Å². The van der Waals surface area contributed by atoms with Gasteiger partial charge >= 0.3 is 0 Å². The smallest absolute Gasteiger partial charge is 0.110 e. The highest BCUT2D eigenvalue weighted by atomic mass is 32.1. The van der Waals surface area contributed by atoms with Gasteiger partial charge in [0.2, 0.25) is 0 Å². The fourth-order valence-electron chi connectivity index (χ4n) is 1.71. The van der Waals surface area contributed by atoms with E-state index < -0.39 is 0 Å². The van der Waals surface area contributed by atoms with Crippen molar-refractivity contribution in [1.29, 1.82) is 0 Å². The van der Waals surface area contributed by atoms with E-state index in [1.54, 1.807) is 11.3 Å². The van der Waals surface area contributed by atoms with Gasteiger partial charge in [-0.25, -0.2) is 4.98 Å². The van der Waals surface area contributed by atoms with Gasteiger partial charge in [0.1, 0.15) is 5.01 Å². The quantitative estimate of drug-likeness (QED) is 0.801. The summed E-state index contributed by atoms with van der Waals surface area (Å²) in [6.45, 7) is 7.75. The molecule has 0 saturated carbocycles. The van der Waals surface area contributed by atoms with E-state index in [2.05, 4.69) is 27.9 Å². The van der Waals surface area contributed by atoms with Crippen molar-refractivity contribution in [3.05, 3.63) is 16.1 Å². The van der Waals surface area contributed by atoms with Crippen LogP contribution in [0.3, 0.4) is 0 Å². The molecule has 2 heterocycles. The molecular formula is C11H19N3S. The topological polar surface area (TPSA) is 37.0 Å². The zero-order chi connectivity index (χ0) is 10.7. The average molecular weight is 225 g/mol. The van der Waals surface area contributed by atoms with Crippen LogP contribution in [0.4, 0.5) is 0 Å². The molecule has 2 N–H and O–H groups in total. The lowest BCUT2D eigenvalue weighted by atomic mass is 9.99. The van der Waals surface area contributed by atoms with E-state index >= 15 is 0 Å². The molecule has 0 spiro atoms. The van der Waals surface area contributed by atoms with Gasteiger partial charge in [-0.05, 0) is 45.8 Å². The van der Waals surface area contributed by atoms with Crippen molar-refractivity contribution in [2.45, 2.75) is 26.3 Å². The lowest BCUT2D eigenvalue weighted by Crippen LogP contribution is -2.43. The molecule has 84 valence electrons. The van der Waals surface area contributed by atoms with Crippen LogP contribution in [0.15, 0.2) is 5.38 Å². The average Bonchev–Trinajstić information content (AvgIpc) is 2.56. The number of hydrogen-bond acceptors (Lipinski definition) is 4. The first kappa shape index (κ1) is 11.0. The van der Waals surface area contributed by atoms with Crippen LogP contribution in [-0.2, 0) is 0 Å². The van der Waals surface area contributed by atoms with Crippen LogP contribution in [0.2, 0.25) is 0 Å². The van der Waals surface area contributed by atoms with Gasteiger partial charge in [0.25, 0.3) is 0 Å². The van der Waals surface area contributed by atoms with Crippen molar-refractivity contribution in [1.82, 2.24) is 15.6 Å². The molecule has 1 saturated heterocycles. The molecule has 3 nitrogen and oxygen atoms in total. The highest BCUT2D eigenvalue weighted by Gasteiger charge is 2.16. The molecule has 1 atom stereocenters. The normalized spacial score (nSPS) is 18.8. The molecule has 0 aromatic carbocycles. The highest BCUT2D eigenvalue weighted by Crippen LogP contribution is 2.17. The van der Waals surface area contributed by atoms with Crippen LogP contribution in [0.25, 0.3) is 0 Å². The third-order valence-electron chi connectivity index (χ3n) is 2.88. The lowest BCUT2D eigenvalue weighted by Gasteiger charge is -2.27. The zero-order valence-corrected chi connectivity index (χ0v) is 10.2. The summed E-state index contributed by atoms with van der Waals surface area (Å²) >= 11 is 1.75. The fraction of sp³-hybridized carbons (Fsp3) is 0.727. The maximum Gasteiger partial charge on any atom is 0.110 e. The number of hydrogen-bond donors (Lipinski definition) is 2. The number of aromatic nitrogens is 1. The molecule has 2 rings (SSSR count).